The highest BCUT2D eigenvalue weighted by atomic mass is 79.9. The highest BCUT2D eigenvalue weighted by molar-refractivity contribution is 9.10. The molecular weight excluding hydrogens is 334 g/mol. The SMILES string of the molecule is CC(NCC(=O)Nc1ccc(Br)cc1)C(=O)NC(C)(C)C. The normalized spacial score (nSPS) is 12.6. The molecule has 1 aromatic carbocycles. The smallest absolute Gasteiger partial charge is 0.238 e. The molecule has 0 aliphatic rings. The van der Waals surface area contributed by atoms with Gasteiger partial charge in [0.15, 0.2) is 0 Å². The number of benzene rings is 1. The number of amides is 2. The summed E-state index contributed by atoms with van der Waals surface area (Å²) in [7, 11) is 0. The van der Waals surface area contributed by atoms with E-state index in [4.69, 9.17) is 0 Å². The molecule has 1 rings (SSSR count). The summed E-state index contributed by atoms with van der Waals surface area (Å²) in [4.78, 5) is 23.6. The van der Waals surface area contributed by atoms with Crippen LogP contribution in [0.1, 0.15) is 27.7 Å². The molecule has 0 aliphatic heterocycles. The van der Waals surface area contributed by atoms with Crippen molar-refractivity contribution >= 4 is 33.4 Å². The molecule has 1 unspecified atom stereocenters. The lowest BCUT2D eigenvalue weighted by Crippen LogP contribution is -2.50. The summed E-state index contributed by atoms with van der Waals surface area (Å²) in [5.74, 6) is -0.313. The van der Waals surface area contributed by atoms with Crippen LogP contribution < -0.4 is 16.0 Å². The topological polar surface area (TPSA) is 70.2 Å². The molecule has 1 aromatic rings. The average Bonchev–Trinajstić information content (AvgIpc) is 2.36. The van der Waals surface area contributed by atoms with E-state index in [-0.39, 0.29) is 23.9 Å². The fourth-order valence-corrected chi connectivity index (χ4v) is 1.82. The van der Waals surface area contributed by atoms with Crippen LogP contribution in [0.3, 0.4) is 0 Å². The van der Waals surface area contributed by atoms with Crippen LogP contribution in [0.4, 0.5) is 5.69 Å². The molecule has 0 saturated heterocycles. The predicted molar refractivity (Wildman–Crippen MR) is 88.1 cm³/mol. The van der Waals surface area contributed by atoms with E-state index in [1.54, 1.807) is 19.1 Å². The van der Waals surface area contributed by atoms with E-state index < -0.39 is 6.04 Å². The highest BCUT2D eigenvalue weighted by Gasteiger charge is 2.19. The van der Waals surface area contributed by atoms with Gasteiger partial charge in [-0.1, -0.05) is 15.9 Å². The second kappa shape index (κ2) is 7.56. The largest absolute Gasteiger partial charge is 0.350 e. The Bertz CT molecular complexity index is 495. The summed E-state index contributed by atoms with van der Waals surface area (Å²) >= 11 is 3.33. The van der Waals surface area contributed by atoms with Gasteiger partial charge in [-0.15, -0.1) is 0 Å². The number of halogens is 1. The number of carbonyl (C=O) groups is 2. The maximum absolute atomic E-state index is 11.9. The Balaban J connectivity index is 2.38. The molecule has 21 heavy (non-hydrogen) atoms. The first-order valence-electron chi connectivity index (χ1n) is 6.78. The zero-order valence-electron chi connectivity index (χ0n) is 12.8. The van der Waals surface area contributed by atoms with Crippen molar-refractivity contribution in [1.82, 2.24) is 10.6 Å². The minimum Gasteiger partial charge on any atom is -0.350 e. The van der Waals surface area contributed by atoms with Crippen molar-refractivity contribution in [3.8, 4) is 0 Å². The molecule has 6 heteroatoms. The Labute approximate surface area is 134 Å². The van der Waals surface area contributed by atoms with Crippen molar-refractivity contribution in [3.05, 3.63) is 28.7 Å². The van der Waals surface area contributed by atoms with Gasteiger partial charge in [-0.2, -0.15) is 0 Å². The molecule has 0 fully saturated rings. The summed E-state index contributed by atoms with van der Waals surface area (Å²) in [6.07, 6.45) is 0. The summed E-state index contributed by atoms with van der Waals surface area (Å²) in [6.45, 7) is 7.55. The lowest BCUT2D eigenvalue weighted by atomic mass is 10.1. The van der Waals surface area contributed by atoms with Crippen LogP contribution in [0.25, 0.3) is 0 Å². The Morgan fingerprint density at radius 3 is 2.29 bits per heavy atom. The van der Waals surface area contributed by atoms with Gasteiger partial charge in [-0.05, 0) is 52.0 Å². The van der Waals surface area contributed by atoms with E-state index >= 15 is 0 Å². The van der Waals surface area contributed by atoms with Crippen molar-refractivity contribution in [2.75, 3.05) is 11.9 Å². The third-order valence-corrected chi connectivity index (χ3v) is 3.12. The number of hydrogen-bond acceptors (Lipinski definition) is 3. The number of anilines is 1. The Hall–Kier alpha value is -1.40. The Morgan fingerprint density at radius 2 is 1.76 bits per heavy atom. The first-order valence-corrected chi connectivity index (χ1v) is 7.57. The van der Waals surface area contributed by atoms with Crippen LogP contribution >= 0.6 is 15.9 Å². The van der Waals surface area contributed by atoms with E-state index in [1.807, 2.05) is 32.9 Å². The van der Waals surface area contributed by atoms with E-state index in [2.05, 4.69) is 31.9 Å². The van der Waals surface area contributed by atoms with Crippen LogP contribution in [0.5, 0.6) is 0 Å². The second-order valence-corrected chi connectivity index (χ2v) is 6.81. The molecule has 116 valence electrons. The second-order valence-electron chi connectivity index (χ2n) is 5.90. The van der Waals surface area contributed by atoms with Gasteiger partial charge in [0.05, 0.1) is 12.6 Å². The van der Waals surface area contributed by atoms with Crippen LogP contribution in [0, 0.1) is 0 Å². The zero-order valence-corrected chi connectivity index (χ0v) is 14.4. The maximum atomic E-state index is 11.9. The zero-order chi connectivity index (χ0) is 16.0. The van der Waals surface area contributed by atoms with Gasteiger partial charge in [0.25, 0.3) is 0 Å². The van der Waals surface area contributed by atoms with Crippen molar-refractivity contribution in [2.45, 2.75) is 39.3 Å². The van der Waals surface area contributed by atoms with Crippen LogP contribution in [-0.2, 0) is 9.59 Å². The summed E-state index contributed by atoms with van der Waals surface area (Å²) in [5, 5.41) is 8.52. The monoisotopic (exact) mass is 355 g/mol. The first-order chi connectivity index (χ1) is 9.67. The predicted octanol–water partition coefficient (Wildman–Crippen LogP) is 2.28. The lowest BCUT2D eigenvalue weighted by molar-refractivity contribution is -0.124. The van der Waals surface area contributed by atoms with E-state index in [1.165, 1.54) is 0 Å². The van der Waals surface area contributed by atoms with Crippen molar-refractivity contribution < 1.29 is 9.59 Å². The van der Waals surface area contributed by atoms with Gasteiger partial charge in [-0.3, -0.25) is 14.9 Å². The quantitative estimate of drug-likeness (QED) is 0.758. The number of rotatable bonds is 5. The fraction of sp³-hybridized carbons (Fsp3) is 0.467. The van der Waals surface area contributed by atoms with Gasteiger partial charge in [-0.25, -0.2) is 0 Å². The summed E-state index contributed by atoms with van der Waals surface area (Å²) in [6, 6.07) is 6.88. The van der Waals surface area contributed by atoms with Crippen LogP contribution in [-0.4, -0.2) is 29.9 Å². The Kier molecular flexibility index (Phi) is 6.36. The average molecular weight is 356 g/mol. The van der Waals surface area contributed by atoms with E-state index in [0.717, 1.165) is 10.2 Å². The molecular formula is C15H22BrN3O2. The molecule has 3 N–H and O–H groups in total. The van der Waals surface area contributed by atoms with Gasteiger partial charge in [0.1, 0.15) is 0 Å². The maximum Gasteiger partial charge on any atom is 0.238 e. The molecule has 5 nitrogen and oxygen atoms in total. The van der Waals surface area contributed by atoms with Gasteiger partial charge in [0.2, 0.25) is 11.8 Å². The third-order valence-electron chi connectivity index (χ3n) is 2.59. The summed E-state index contributed by atoms with van der Waals surface area (Å²) < 4.78 is 0.950. The minimum absolute atomic E-state index is 0.0782. The van der Waals surface area contributed by atoms with Gasteiger partial charge < -0.3 is 10.6 Å². The molecule has 0 spiro atoms. The minimum atomic E-state index is -0.431. The standard InChI is InChI=1S/C15H22BrN3O2/c1-10(14(21)19-15(2,3)4)17-9-13(20)18-12-7-5-11(16)6-8-12/h5-8,10,17H,9H2,1-4H3,(H,18,20)(H,19,21). The molecule has 0 radical (unpaired) electrons. The van der Waals surface area contributed by atoms with E-state index in [9.17, 15) is 9.59 Å². The molecule has 0 aromatic heterocycles. The van der Waals surface area contributed by atoms with Crippen molar-refractivity contribution in [3.63, 3.8) is 0 Å². The molecule has 1 atom stereocenters. The van der Waals surface area contributed by atoms with Crippen LogP contribution in [0.2, 0.25) is 0 Å². The Morgan fingerprint density at radius 1 is 1.19 bits per heavy atom. The van der Waals surface area contributed by atoms with Gasteiger partial charge >= 0.3 is 0 Å². The lowest BCUT2D eigenvalue weighted by Gasteiger charge is -2.23. The van der Waals surface area contributed by atoms with Gasteiger partial charge in [0, 0.05) is 15.7 Å². The molecule has 2 amide bonds. The molecule has 0 aliphatic carbocycles. The molecule has 0 saturated carbocycles. The molecule has 0 heterocycles. The first kappa shape index (κ1) is 17.7. The van der Waals surface area contributed by atoms with Crippen LogP contribution in [0.15, 0.2) is 28.7 Å². The van der Waals surface area contributed by atoms with E-state index in [0.29, 0.717) is 0 Å². The third kappa shape index (κ3) is 7.24. The van der Waals surface area contributed by atoms with Crippen molar-refractivity contribution in [1.29, 1.82) is 0 Å². The number of nitrogens with one attached hydrogen (secondary N) is 3. The molecule has 0 bridgehead atoms. The number of hydrogen-bond donors (Lipinski definition) is 3. The number of carbonyl (C=O) groups excluding carboxylic acids is 2. The fourth-order valence-electron chi connectivity index (χ4n) is 1.55. The highest BCUT2D eigenvalue weighted by Crippen LogP contribution is 2.13. The van der Waals surface area contributed by atoms with Crippen molar-refractivity contribution in [2.24, 2.45) is 0 Å². The summed E-state index contributed by atoms with van der Waals surface area (Å²) in [5.41, 5.74) is 0.434.